The molecule has 2 aliphatic carbocycles. The molecule has 0 aliphatic heterocycles. The SMILES string of the molecule is COc1ccc(C(C#Cc2ccccc2)CNC(=O)CN)cc1OC1CCCC1.NS(=O)(=O)OC1CCCCC1. The molecule has 0 heterocycles. The van der Waals surface area contributed by atoms with Gasteiger partial charge in [0.25, 0.3) is 0 Å². The van der Waals surface area contributed by atoms with E-state index in [0.29, 0.717) is 12.3 Å². The van der Waals surface area contributed by atoms with E-state index in [2.05, 4.69) is 21.3 Å². The second-order valence-corrected chi connectivity index (χ2v) is 11.2. The predicted molar refractivity (Wildman–Crippen MR) is 155 cm³/mol. The summed E-state index contributed by atoms with van der Waals surface area (Å²) in [7, 11) is -2.08. The molecule has 40 heavy (non-hydrogen) atoms. The molecule has 0 aromatic heterocycles. The quantitative estimate of drug-likeness (QED) is 0.389. The Bertz CT molecular complexity index is 1230. The van der Waals surface area contributed by atoms with Gasteiger partial charge in [0.15, 0.2) is 11.5 Å². The summed E-state index contributed by atoms with van der Waals surface area (Å²) >= 11 is 0. The zero-order valence-electron chi connectivity index (χ0n) is 23.1. The minimum Gasteiger partial charge on any atom is -0.493 e. The molecule has 0 spiro atoms. The summed E-state index contributed by atoms with van der Waals surface area (Å²) in [5, 5.41) is 7.57. The predicted octanol–water partition coefficient (Wildman–Crippen LogP) is 3.77. The van der Waals surface area contributed by atoms with Crippen molar-refractivity contribution in [3.8, 4) is 23.3 Å². The lowest BCUT2D eigenvalue weighted by Gasteiger charge is -2.19. The van der Waals surface area contributed by atoms with Crippen LogP contribution in [0.4, 0.5) is 0 Å². The third-order valence-electron chi connectivity index (χ3n) is 6.86. The number of carbonyl (C=O) groups is 1. The van der Waals surface area contributed by atoms with Gasteiger partial charge < -0.3 is 20.5 Å². The van der Waals surface area contributed by atoms with Gasteiger partial charge >= 0.3 is 10.3 Å². The van der Waals surface area contributed by atoms with Gasteiger partial charge in [-0.1, -0.05) is 55.4 Å². The van der Waals surface area contributed by atoms with Crippen LogP contribution in [0.2, 0.25) is 0 Å². The molecule has 10 heteroatoms. The Morgan fingerprint density at radius 1 is 0.975 bits per heavy atom. The first kappa shape index (κ1) is 31.4. The Morgan fingerprint density at radius 2 is 1.62 bits per heavy atom. The number of carbonyl (C=O) groups excluding carboxylic acids is 1. The van der Waals surface area contributed by atoms with Crippen LogP contribution in [0.1, 0.15) is 74.8 Å². The number of benzene rings is 2. The molecular weight excluding hydrogens is 530 g/mol. The van der Waals surface area contributed by atoms with Gasteiger partial charge in [0.2, 0.25) is 5.91 Å². The van der Waals surface area contributed by atoms with Crippen LogP contribution in [0.15, 0.2) is 48.5 Å². The fraction of sp³-hybridized carbons (Fsp3) is 0.500. The number of amides is 1. The van der Waals surface area contributed by atoms with Gasteiger partial charge in [-0.25, -0.2) is 5.14 Å². The topological polar surface area (TPSA) is 143 Å². The molecule has 0 bridgehead atoms. The molecule has 218 valence electrons. The Balaban J connectivity index is 0.000000336. The van der Waals surface area contributed by atoms with Gasteiger partial charge in [0, 0.05) is 12.1 Å². The van der Waals surface area contributed by atoms with Gasteiger partial charge in [-0.3, -0.25) is 8.98 Å². The number of hydrogen-bond donors (Lipinski definition) is 3. The maximum Gasteiger partial charge on any atom is 0.333 e. The molecule has 2 fully saturated rings. The van der Waals surface area contributed by atoms with Crippen LogP contribution in [0, 0.1) is 11.8 Å². The molecule has 1 atom stereocenters. The summed E-state index contributed by atoms with van der Waals surface area (Å²) in [6.07, 6.45) is 9.47. The van der Waals surface area contributed by atoms with Crippen molar-refractivity contribution in [1.82, 2.24) is 5.32 Å². The highest BCUT2D eigenvalue weighted by molar-refractivity contribution is 7.84. The highest BCUT2D eigenvalue weighted by atomic mass is 32.2. The molecule has 4 rings (SSSR count). The van der Waals surface area contributed by atoms with E-state index in [9.17, 15) is 13.2 Å². The largest absolute Gasteiger partial charge is 0.493 e. The molecule has 2 aromatic carbocycles. The molecule has 0 radical (unpaired) electrons. The number of methoxy groups -OCH3 is 1. The van der Waals surface area contributed by atoms with Crippen molar-refractivity contribution >= 4 is 16.2 Å². The molecule has 0 saturated heterocycles. The highest BCUT2D eigenvalue weighted by Crippen LogP contribution is 2.34. The van der Waals surface area contributed by atoms with E-state index in [4.69, 9.17) is 20.3 Å². The van der Waals surface area contributed by atoms with Crippen LogP contribution >= 0.6 is 0 Å². The third-order valence-corrected chi connectivity index (χ3v) is 7.40. The molecule has 2 aliphatic rings. The van der Waals surface area contributed by atoms with E-state index >= 15 is 0 Å². The van der Waals surface area contributed by atoms with Crippen molar-refractivity contribution in [2.75, 3.05) is 20.2 Å². The summed E-state index contributed by atoms with van der Waals surface area (Å²) in [5.74, 6) is 7.54. The molecule has 1 amide bonds. The first-order chi connectivity index (χ1) is 19.3. The summed E-state index contributed by atoms with van der Waals surface area (Å²) in [5.41, 5.74) is 7.33. The van der Waals surface area contributed by atoms with Crippen molar-refractivity contribution in [1.29, 1.82) is 0 Å². The number of ether oxygens (including phenoxy) is 2. The fourth-order valence-electron chi connectivity index (χ4n) is 4.77. The minimum absolute atomic E-state index is 0.0442. The summed E-state index contributed by atoms with van der Waals surface area (Å²) in [6, 6.07) is 15.7. The first-order valence-corrected chi connectivity index (χ1v) is 15.3. The lowest BCUT2D eigenvalue weighted by molar-refractivity contribution is -0.119. The maximum absolute atomic E-state index is 11.7. The molecule has 2 aromatic rings. The average Bonchev–Trinajstić information content (AvgIpc) is 3.46. The van der Waals surface area contributed by atoms with E-state index in [-0.39, 0.29) is 30.6 Å². The molecule has 9 nitrogen and oxygen atoms in total. The van der Waals surface area contributed by atoms with Crippen LogP contribution in [0.25, 0.3) is 0 Å². The summed E-state index contributed by atoms with van der Waals surface area (Å²) in [6.45, 7) is 0.336. The van der Waals surface area contributed by atoms with E-state index in [1.807, 2.05) is 48.5 Å². The van der Waals surface area contributed by atoms with Crippen LogP contribution in [0.3, 0.4) is 0 Å². The smallest absolute Gasteiger partial charge is 0.333 e. The number of nitrogens with two attached hydrogens (primary N) is 2. The van der Waals surface area contributed by atoms with Crippen LogP contribution in [-0.2, 0) is 19.3 Å². The Hall–Kier alpha value is -3.10. The summed E-state index contributed by atoms with van der Waals surface area (Å²) in [4.78, 5) is 11.7. The molecule has 5 N–H and O–H groups in total. The van der Waals surface area contributed by atoms with Crippen molar-refractivity contribution < 1.29 is 26.9 Å². The lowest BCUT2D eigenvalue weighted by atomic mass is 9.98. The van der Waals surface area contributed by atoms with Crippen LogP contribution < -0.4 is 25.7 Å². The van der Waals surface area contributed by atoms with Crippen LogP contribution in [0.5, 0.6) is 11.5 Å². The van der Waals surface area contributed by atoms with Gasteiger partial charge in [0.1, 0.15) is 0 Å². The Labute approximate surface area is 238 Å². The molecule has 1 unspecified atom stereocenters. The van der Waals surface area contributed by atoms with Crippen molar-refractivity contribution in [3.63, 3.8) is 0 Å². The highest BCUT2D eigenvalue weighted by Gasteiger charge is 2.20. The van der Waals surface area contributed by atoms with E-state index < -0.39 is 10.3 Å². The molecule has 2 saturated carbocycles. The van der Waals surface area contributed by atoms with E-state index in [0.717, 1.165) is 55.4 Å². The molecular formula is C30H41N3O6S. The van der Waals surface area contributed by atoms with Gasteiger partial charge in [0.05, 0.1) is 31.8 Å². The standard InChI is InChI=1S/C24H28N2O3.C6H13NO3S/c1-28-22-14-13-19(15-23(22)29-21-9-5-6-10-21)20(17-26-24(27)16-25)12-11-18-7-3-2-4-8-18;7-11(8,9)10-6-4-2-1-3-5-6/h2-4,7-8,13-15,20-21H,5-6,9-10,16-17,25H2,1H3,(H,26,27);6H,1-5H2,(H2,7,8,9). The van der Waals surface area contributed by atoms with Crippen molar-refractivity contribution in [3.05, 3.63) is 59.7 Å². The summed E-state index contributed by atoms with van der Waals surface area (Å²) < 4.78 is 37.2. The van der Waals surface area contributed by atoms with Crippen LogP contribution in [-0.4, -0.2) is 46.7 Å². The third kappa shape index (κ3) is 11.2. The zero-order valence-corrected chi connectivity index (χ0v) is 24.0. The number of nitrogens with one attached hydrogen (secondary N) is 1. The van der Waals surface area contributed by atoms with E-state index in [1.54, 1.807) is 7.11 Å². The number of hydrogen-bond acceptors (Lipinski definition) is 7. The van der Waals surface area contributed by atoms with Gasteiger partial charge in [-0.05, 0) is 68.4 Å². The fourth-order valence-corrected chi connectivity index (χ4v) is 5.34. The second-order valence-electron chi connectivity index (χ2n) is 9.98. The Kier molecular flexibility index (Phi) is 12.8. The number of rotatable bonds is 9. The minimum atomic E-state index is -3.72. The van der Waals surface area contributed by atoms with E-state index in [1.165, 1.54) is 19.3 Å². The lowest BCUT2D eigenvalue weighted by Crippen LogP contribution is -2.33. The maximum atomic E-state index is 11.7. The van der Waals surface area contributed by atoms with Crippen molar-refractivity contribution in [2.45, 2.75) is 75.9 Å². The van der Waals surface area contributed by atoms with Gasteiger partial charge in [-0.2, -0.15) is 8.42 Å². The normalized spacial score (nSPS) is 16.6. The monoisotopic (exact) mass is 571 g/mol. The Morgan fingerprint density at radius 3 is 2.25 bits per heavy atom. The zero-order chi connectivity index (χ0) is 28.8. The van der Waals surface area contributed by atoms with Crippen molar-refractivity contribution in [2.24, 2.45) is 10.9 Å². The second kappa shape index (κ2) is 16.2. The van der Waals surface area contributed by atoms with Gasteiger partial charge in [-0.15, -0.1) is 0 Å². The average molecular weight is 572 g/mol. The first-order valence-electron chi connectivity index (χ1n) is 13.9.